The Kier molecular flexibility index (Phi) is 6.25. The maximum atomic E-state index is 12.5. The van der Waals surface area contributed by atoms with Gasteiger partial charge in [-0.2, -0.15) is 0 Å². The molecule has 1 aliphatic rings. The highest BCUT2D eigenvalue weighted by molar-refractivity contribution is 6.03. The lowest BCUT2D eigenvalue weighted by molar-refractivity contribution is -0.143. The molecule has 0 saturated carbocycles. The van der Waals surface area contributed by atoms with Crippen LogP contribution in [0.15, 0.2) is 66.7 Å². The molecule has 0 saturated heterocycles. The topological polar surface area (TPSA) is 65.5 Å². The van der Waals surface area contributed by atoms with Gasteiger partial charge < -0.3 is 9.47 Å². The first-order valence-corrected chi connectivity index (χ1v) is 12.3. The van der Waals surface area contributed by atoms with Gasteiger partial charge in [0.05, 0.1) is 24.4 Å². The molecular formula is C30H29NO4. The summed E-state index contributed by atoms with van der Waals surface area (Å²) in [4.78, 5) is 30.1. The second-order valence-corrected chi connectivity index (χ2v) is 8.98. The molecule has 178 valence electrons. The highest BCUT2D eigenvalue weighted by Crippen LogP contribution is 2.55. The molecule has 3 aromatic carbocycles. The number of hydrogen-bond donors (Lipinski definition) is 0. The lowest BCUT2D eigenvalue weighted by Gasteiger charge is -2.32. The molecule has 5 heteroatoms. The van der Waals surface area contributed by atoms with Crippen molar-refractivity contribution in [2.24, 2.45) is 0 Å². The minimum Gasteiger partial charge on any atom is -0.466 e. The van der Waals surface area contributed by atoms with Crippen molar-refractivity contribution in [3.63, 3.8) is 0 Å². The first-order chi connectivity index (χ1) is 17.1. The number of benzene rings is 3. The number of para-hydroxylation sites is 1. The maximum Gasteiger partial charge on any atom is 0.305 e. The largest absolute Gasteiger partial charge is 0.466 e. The zero-order valence-corrected chi connectivity index (χ0v) is 20.2. The van der Waals surface area contributed by atoms with Crippen LogP contribution >= 0.6 is 0 Å². The van der Waals surface area contributed by atoms with Crippen LogP contribution in [-0.2, 0) is 24.5 Å². The lowest BCUT2D eigenvalue weighted by atomic mass is 9.71. The van der Waals surface area contributed by atoms with Gasteiger partial charge in [-0.1, -0.05) is 54.6 Å². The number of aromatic nitrogens is 1. The standard InChI is InChI=1S/C30H29NO4/c1-3-34-26(32)15-17-30(18-16-27(33)35-4-2)23-14-13-20-9-5-7-11-22(20)28(23)29-24(30)19-21-10-6-8-12-25(21)31-29/h5-14,19H,3-4,15-18H2,1-2H3. The molecule has 0 amide bonds. The minimum atomic E-state index is -0.550. The molecular weight excluding hydrogens is 438 g/mol. The molecule has 35 heavy (non-hydrogen) atoms. The molecule has 1 aliphatic carbocycles. The summed E-state index contributed by atoms with van der Waals surface area (Å²) < 4.78 is 10.6. The fourth-order valence-corrected chi connectivity index (χ4v) is 5.50. The number of carbonyl (C=O) groups is 2. The van der Waals surface area contributed by atoms with Gasteiger partial charge in [-0.3, -0.25) is 9.59 Å². The third-order valence-corrected chi connectivity index (χ3v) is 7.04. The number of carbonyl (C=O) groups excluding carboxylic acids is 2. The van der Waals surface area contributed by atoms with E-state index >= 15 is 0 Å². The molecule has 0 N–H and O–H groups in total. The number of fused-ring (bicyclic) bond motifs is 6. The molecule has 5 rings (SSSR count). The molecule has 5 nitrogen and oxygen atoms in total. The predicted molar refractivity (Wildman–Crippen MR) is 137 cm³/mol. The summed E-state index contributed by atoms with van der Waals surface area (Å²) in [5, 5.41) is 3.31. The summed E-state index contributed by atoms with van der Waals surface area (Å²) >= 11 is 0. The van der Waals surface area contributed by atoms with Crippen LogP contribution in [0, 0.1) is 0 Å². The van der Waals surface area contributed by atoms with Crippen molar-refractivity contribution in [3.8, 4) is 11.3 Å². The average molecular weight is 468 g/mol. The van der Waals surface area contributed by atoms with Crippen molar-refractivity contribution in [2.75, 3.05) is 13.2 Å². The Morgan fingerprint density at radius 2 is 1.40 bits per heavy atom. The SMILES string of the molecule is CCOC(=O)CCC1(CCC(=O)OCC)c2cc3ccccc3nc2-c2c1ccc1ccccc21. The van der Waals surface area contributed by atoms with Crippen molar-refractivity contribution >= 4 is 33.6 Å². The normalized spacial score (nSPS) is 13.4. The van der Waals surface area contributed by atoms with Gasteiger partial charge in [0, 0.05) is 29.2 Å². The van der Waals surface area contributed by atoms with Crippen LogP contribution in [0.5, 0.6) is 0 Å². The Balaban J connectivity index is 1.75. The van der Waals surface area contributed by atoms with Gasteiger partial charge in [0.25, 0.3) is 0 Å². The molecule has 1 heterocycles. The Morgan fingerprint density at radius 1 is 0.771 bits per heavy atom. The van der Waals surface area contributed by atoms with Crippen molar-refractivity contribution < 1.29 is 19.1 Å². The van der Waals surface area contributed by atoms with E-state index in [9.17, 15) is 9.59 Å². The molecule has 4 aromatic rings. The molecule has 0 aliphatic heterocycles. The second-order valence-electron chi connectivity index (χ2n) is 8.98. The Labute approximate surface area is 205 Å². The number of nitrogens with zero attached hydrogens (tertiary/aromatic N) is 1. The van der Waals surface area contributed by atoms with E-state index in [2.05, 4.69) is 36.4 Å². The van der Waals surface area contributed by atoms with Crippen LogP contribution in [0.2, 0.25) is 0 Å². The lowest BCUT2D eigenvalue weighted by Crippen LogP contribution is -2.28. The van der Waals surface area contributed by atoms with Gasteiger partial charge in [-0.25, -0.2) is 4.98 Å². The zero-order valence-electron chi connectivity index (χ0n) is 20.2. The summed E-state index contributed by atoms with van der Waals surface area (Å²) in [5.74, 6) is -0.458. The van der Waals surface area contributed by atoms with E-state index in [1.165, 1.54) is 0 Å². The number of esters is 2. The minimum absolute atomic E-state index is 0.229. The highest BCUT2D eigenvalue weighted by atomic mass is 16.5. The maximum absolute atomic E-state index is 12.5. The zero-order chi connectivity index (χ0) is 24.4. The number of pyridine rings is 1. The smallest absolute Gasteiger partial charge is 0.305 e. The van der Waals surface area contributed by atoms with Gasteiger partial charge in [0.2, 0.25) is 0 Å². The summed E-state index contributed by atoms with van der Waals surface area (Å²) in [6, 6.07) is 22.9. The fourth-order valence-electron chi connectivity index (χ4n) is 5.50. The van der Waals surface area contributed by atoms with Crippen molar-refractivity contribution in [3.05, 3.63) is 77.9 Å². The Hall–Kier alpha value is -3.73. The summed E-state index contributed by atoms with van der Waals surface area (Å²) in [6.45, 7) is 4.32. The molecule has 0 fully saturated rings. The Bertz CT molecular complexity index is 1400. The van der Waals surface area contributed by atoms with Crippen LogP contribution < -0.4 is 0 Å². The third kappa shape index (κ3) is 4.05. The van der Waals surface area contributed by atoms with Gasteiger partial charge in [0.1, 0.15) is 0 Å². The van der Waals surface area contributed by atoms with Crippen molar-refractivity contribution in [2.45, 2.75) is 44.9 Å². The number of ether oxygens (including phenoxy) is 2. The van der Waals surface area contributed by atoms with E-state index in [4.69, 9.17) is 14.5 Å². The first-order valence-electron chi connectivity index (χ1n) is 12.3. The van der Waals surface area contributed by atoms with Gasteiger partial charge in [0.15, 0.2) is 0 Å². The van der Waals surface area contributed by atoms with Crippen LogP contribution in [-0.4, -0.2) is 30.1 Å². The monoisotopic (exact) mass is 467 g/mol. The quantitative estimate of drug-likeness (QED) is 0.283. The summed E-state index contributed by atoms with van der Waals surface area (Å²) in [7, 11) is 0. The van der Waals surface area contributed by atoms with Gasteiger partial charge >= 0.3 is 11.9 Å². The average Bonchev–Trinajstić information content (AvgIpc) is 3.14. The molecule has 0 spiro atoms. The van der Waals surface area contributed by atoms with Crippen LogP contribution in [0.1, 0.15) is 50.7 Å². The summed E-state index contributed by atoms with van der Waals surface area (Å²) in [5.41, 5.74) is 4.58. The predicted octanol–water partition coefficient (Wildman–Crippen LogP) is 6.34. The van der Waals surface area contributed by atoms with Crippen LogP contribution in [0.3, 0.4) is 0 Å². The number of hydrogen-bond acceptors (Lipinski definition) is 5. The molecule has 0 radical (unpaired) electrons. The number of rotatable bonds is 8. The van der Waals surface area contributed by atoms with E-state index in [1.54, 1.807) is 0 Å². The second kappa shape index (κ2) is 9.49. The van der Waals surface area contributed by atoms with Gasteiger partial charge in [-0.15, -0.1) is 0 Å². The fraction of sp³-hybridized carbons (Fsp3) is 0.300. The van der Waals surface area contributed by atoms with Crippen molar-refractivity contribution in [1.82, 2.24) is 4.98 Å². The van der Waals surface area contributed by atoms with Crippen LogP contribution in [0.4, 0.5) is 0 Å². The van der Waals surface area contributed by atoms with Crippen LogP contribution in [0.25, 0.3) is 32.9 Å². The van der Waals surface area contributed by atoms with E-state index in [0.29, 0.717) is 26.1 Å². The molecule has 0 atom stereocenters. The van der Waals surface area contributed by atoms with E-state index < -0.39 is 5.41 Å². The highest BCUT2D eigenvalue weighted by Gasteiger charge is 2.45. The molecule has 0 unspecified atom stereocenters. The van der Waals surface area contributed by atoms with E-state index in [1.807, 2.05) is 44.2 Å². The van der Waals surface area contributed by atoms with Gasteiger partial charge in [-0.05, 0) is 60.7 Å². The summed E-state index contributed by atoms with van der Waals surface area (Å²) in [6.07, 6.45) is 1.58. The van der Waals surface area contributed by atoms with Crippen molar-refractivity contribution in [1.29, 1.82) is 0 Å². The van der Waals surface area contributed by atoms with E-state index in [-0.39, 0.29) is 24.8 Å². The molecule has 1 aromatic heterocycles. The Morgan fingerprint density at radius 3 is 2.09 bits per heavy atom. The van der Waals surface area contributed by atoms with E-state index in [0.717, 1.165) is 44.1 Å². The molecule has 0 bridgehead atoms. The first kappa shape index (κ1) is 23.0. The third-order valence-electron chi connectivity index (χ3n) is 7.04.